The van der Waals surface area contributed by atoms with E-state index in [0.29, 0.717) is 5.57 Å². The minimum Gasteiger partial charge on any atom is -0.389 e. The van der Waals surface area contributed by atoms with Crippen LogP contribution in [0.5, 0.6) is 0 Å². The molecule has 0 aromatic heterocycles. The lowest BCUT2D eigenvalue weighted by atomic mass is 9.96. The fraction of sp³-hybridized carbons (Fsp3) is 0.667. The third kappa shape index (κ3) is 6.73. The number of rotatable bonds is 5. The summed E-state index contributed by atoms with van der Waals surface area (Å²) >= 11 is 0. The van der Waals surface area contributed by atoms with Gasteiger partial charge in [0.05, 0.1) is 6.10 Å². The second kappa shape index (κ2) is 6.39. The number of carbonyl (C=O) groups excluding carboxylic acids is 2. The van der Waals surface area contributed by atoms with Crippen LogP contribution in [0.3, 0.4) is 0 Å². The van der Waals surface area contributed by atoms with Crippen LogP contribution in [0.1, 0.15) is 27.7 Å². The number of carbonyl (C=O) groups is 2. The summed E-state index contributed by atoms with van der Waals surface area (Å²) < 4.78 is 0. The zero-order valence-electron chi connectivity index (χ0n) is 11.0. The van der Waals surface area contributed by atoms with Crippen LogP contribution in [0.4, 0.5) is 0 Å². The Labute approximate surface area is 102 Å². The smallest absolute Gasteiger partial charge is 0.246 e. The number of nitrogens with one attached hydrogen (secondary N) is 2. The molecule has 3 N–H and O–H groups in total. The number of hydrogen-bond acceptors (Lipinski definition) is 3. The van der Waals surface area contributed by atoms with Crippen molar-refractivity contribution in [3.63, 3.8) is 0 Å². The summed E-state index contributed by atoms with van der Waals surface area (Å²) in [6.45, 7) is 10.6. The fourth-order valence-corrected chi connectivity index (χ4v) is 0.909. The Hall–Kier alpha value is -1.36. The van der Waals surface area contributed by atoms with E-state index in [1.807, 2.05) is 0 Å². The first-order valence-corrected chi connectivity index (χ1v) is 5.54. The molecule has 1 unspecified atom stereocenters. The quantitative estimate of drug-likeness (QED) is 0.603. The first-order chi connectivity index (χ1) is 7.64. The number of amides is 2. The van der Waals surface area contributed by atoms with Crippen molar-refractivity contribution >= 4 is 11.8 Å². The van der Waals surface area contributed by atoms with Crippen molar-refractivity contribution in [3.8, 4) is 0 Å². The summed E-state index contributed by atoms with van der Waals surface area (Å²) in [7, 11) is 0. The van der Waals surface area contributed by atoms with Gasteiger partial charge in [-0.1, -0.05) is 27.4 Å². The molecule has 0 aliphatic carbocycles. The van der Waals surface area contributed by atoms with E-state index in [4.69, 9.17) is 0 Å². The molecule has 5 nitrogen and oxygen atoms in total. The van der Waals surface area contributed by atoms with Gasteiger partial charge in [0, 0.05) is 24.1 Å². The molecule has 98 valence electrons. The van der Waals surface area contributed by atoms with Gasteiger partial charge >= 0.3 is 0 Å². The molecule has 0 aliphatic heterocycles. The van der Waals surface area contributed by atoms with E-state index in [0.717, 1.165) is 0 Å². The van der Waals surface area contributed by atoms with Crippen LogP contribution in [0, 0.1) is 5.41 Å². The van der Waals surface area contributed by atoms with Gasteiger partial charge in [-0.15, -0.1) is 0 Å². The van der Waals surface area contributed by atoms with Crippen LogP contribution >= 0.6 is 0 Å². The summed E-state index contributed by atoms with van der Waals surface area (Å²) in [6.07, 6.45) is -0.801. The second-order valence-electron chi connectivity index (χ2n) is 5.10. The van der Waals surface area contributed by atoms with E-state index in [1.165, 1.54) is 0 Å². The number of aliphatic hydroxyl groups excluding tert-OH is 1. The summed E-state index contributed by atoms with van der Waals surface area (Å²) in [5.74, 6) is -0.436. The lowest BCUT2D eigenvalue weighted by molar-refractivity contribution is -0.128. The average molecular weight is 242 g/mol. The molecular formula is C12H22N2O3. The van der Waals surface area contributed by atoms with Crippen LogP contribution < -0.4 is 10.6 Å². The highest BCUT2D eigenvalue weighted by atomic mass is 16.3. The Morgan fingerprint density at radius 2 is 1.71 bits per heavy atom. The average Bonchev–Trinajstić information content (AvgIpc) is 2.20. The van der Waals surface area contributed by atoms with Gasteiger partial charge in [-0.2, -0.15) is 0 Å². The van der Waals surface area contributed by atoms with Gasteiger partial charge in [-0.05, 0) is 6.92 Å². The first kappa shape index (κ1) is 15.6. The molecule has 2 amide bonds. The van der Waals surface area contributed by atoms with Crippen molar-refractivity contribution in [3.05, 3.63) is 12.2 Å². The molecule has 1 atom stereocenters. The molecule has 0 rings (SSSR count). The monoisotopic (exact) mass is 242 g/mol. The topological polar surface area (TPSA) is 78.4 Å². The van der Waals surface area contributed by atoms with E-state index >= 15 is 0 Å². The van der Waals surface area contributed by atoms with Crippen molar-refractivity contribution in [1.29, 1.82) is 0 Å². The van der Waals surface area contributed by atoms with E-state index in [-0.39, 0.29) is 24.9 Å². The van der Waals surface area contributed by atoms with Crippen molar-refractivity contribution in [2.24, 2.45) is 5.41 Å². The first-order valence-electron chi connectivity index (χ1n) is 5.54. The lowest BCUT2D eigenvalue weighted by Gasteiger charge is -2.19. The Morgan fingerprint density at radius 1 is 1.24 bits per heavy atom. The predicted molar refractivity (Wildman–Crippen MR) is 66.3 cm³/mol. The summed E-state index contributed by atoms with van der Waals surface area (Å²) in [4.78, 5) is 22.6. The van der Waals surface area contributed by atoms with Gasteiger partial charge in [0.25, 0.3) is 0 Å². The maximum Gasteiger partial charge on any atom is 0.246 e. The lowest BCUT2D eigenvalue weighted by Crippen LogP contribution is -2.43. The SMILES string of the molecule is C=C(C)C(=O)NCC(O)CNC(=O)C(C)(C)C. The highest BCUT2D eigenvalue weighted by molar-refractivity contribution is 5.92. The van der Waals surface area contributed by atoms with Crippen molar-refractivity contribution in [1.82, 2.24) is 10.6 Å². The zero-order valence-corrected chi connectivity index (χ0v) is 11.0. The van der Waals surface area contributed by atoms with Gasteiger partial charge in [0.1, 0.15) is 0 Å². The van der Waals surface area contributed by atoms with E-state index in [2.05, 4.69) is 17.2 Å². The molecule has 0 bridgehead atoms. The molecule has 17 heavy (non-hydrogen) atoms. The Balaban J connectivity index is 3.89. The van der Waals surface area contributed by atoms with Crippen molar-refractivity contribution in [2.75, 3.05) is 13.1 Å². The summed E-state index contributed by atoms with van der Waals surface area (Å²) in [6, 6.07) is 0. The zero-order chi connectivity index (χ0) is 13.6. The standard InChI is InChI=1S/C12H22N2O3/c1-8(2)10(16)13-6-9(15)7-14-11(17)12(3,4)5/h9,15H,1,6-7H2,2-5H3,(H,13,16)(H,14,17). The predicted octanol–water partition coefficient (Wildman–Crippen LogP) is 0.202. The van der Waals surface area contributed by atoms with Crippen LogP contribution in [0.25, 0.3) is 0 Å². The molecule has 5 heteroatoms. The normalized spacial score (nSPS) is 12.8. The highest BCUT2D eigenvalue weighted by Gasteiger charge is 2.21. The van der Waals surface area contributed by atoms with E-state index < -0.39 is 11.5 Å². The van der Waals surface area contributed by atoms with Gasteiger partial charge in [0.2, 0.25) is 11.8 Å². The van der Waals surface area contributed by atoms with Gasteiger partial charge < -0.3 is 15.7 Å². The van der Waals surface area contributed by atoms with Gasteiger partial charge in [-0.3, -0.25) is 9.59 Å². The molecule has 0 aromatic rings. The maximum atomic E-state index is 11.5. The van der Waals surface area contributed by atoms with E-state index in [1.54, 1.807) is 27.7 Å². The minimum atomic E-state index is -0.801. The third-order valence-corrected chi connectivity index (χ3v) is 2.07. The highest BCUT2D eigenvalue weighted by Crippen LogP contribution is 2.11. The van der Waals surface area contributed by atoms with Crippen LogP contribution in [-0.4, -0.2) is 36.1 Å². The largest absolute Gasteiger partial charge is 0.389 e. The number of hydrogen-bond donors (Lipinski definition) is 3. The molecule has 0 heterocycles. The second-order valence-corrected chi connectivity index (χ2v) is 5.10. The van der Waals surface area contributed by atoms with E-state index in [9.17, 15) is 14.7 Å². The van der Waals surface area contributed by atoms with Gasteiger partial charge in [0.15, 0.2) is 0 Å². The molecule has 0 saturated carbocycles. The molecule has 0 aliphatic rings. The summed E-state index contributed by atoms with van der Waals surface area (Å²) in [5.41, 5.74) is -0.100. The Kier molecular flexibility index (Phi) is 5.88. The van der Waals surface area contributed by atoms with Crippen molar-refractivity contribution in [2.45, 2.75) is 33.8 Å². The molecular weight excluding hydrogens is 220 g/mol. The summed E-state index contributed by atoms with van der Waals surface area (Å²) in [5, 5.41) is 14.7. The molecule has 0 fully saturated rings. The fourth-order valence-electron chi connectivity index (χ4n) is 0.909. The molecule has 0 aromatic carbocycles. The molecule has 0 radical (unpaired) electrons. The van der Waals surface area contributed by atoms with Crippen LogP contribution in [0.15, 0.2) is 12.2 Å². The third-order valence-electron chi connectivity index (χ3n) is 2.07. The van der Waals surface area contributed by atoms with Gasteiger partial charge in [-0.25, -0.2) is 0 Å². The minimum absolute atomic E-state index is 0.0934. The molecule has 0 saturated heterocycles. The molecule has 0 spiro atoms. The van der Waals surface area contributed by atoms with Crippen LogP contribution in [0.2, 0.25) is 0 Å². The Bertz CT molecular complexity index is 305. The maximum absolute atomic E-state index is 11.5. The Morgan fingerprint density at radius 3 is 2.12 bits per heavy atom. The number of aliphatic hydroxyl groups is 1. The van der Waals surface area contributed by atoms with Crippen LogP contribution in [-0.2, 0) is 9.59 Å². The van der Waals surface area contributed by atoms with Crippen molar-refractivity contribution < 1.29 is 14.7 Å².